The molecule has 0 radical (unpaired) electrons. The zero-order chi connectivity index (χ0) is 19.3. The van der Waals surface area contributed by atoms with Crippen molar-refractivity contribution in [2.24, 2.45) is 11.8 Å². The molecule has 6 nitrogen and oxygen atoms in total. The molecular weight excluding hydrogens is 364 g/mol. The summed E-state index contributed by atoms with van der Waals surface area (Å²) < 4.78 is 27.5. The molecule has 2 aliphatic heterocycles. The summed E-state index contributed by atoms with van der Waals surface area (Å²) in [5, 5.41) is 11.2. The monoisotopic (exact) mass is 394 g/mol. The average Bonchev–Trinajstić information content (AvgIpc) is 2.68. The third kappa shape index (κ3) is 5.30. The number of carboxylic acid groups (broad SMARTS) is 1. The zero-order valence-electron chi connectivity index (χ0n) is 15.8. The normalized spacial score (nSPS) is 25.3. The summed E-state index contributed by atoms with van der Waals surface area (Å²) in [6.45, 7) is 4.12. The molecule has 3 rings (SSSR count). The SMILES string of the molecule is O=C([O-])C[C@@H]1CCN(S(=O)(=O)c2ccccc2)C[C@@H]1CC[NH+]1CCCCC1. The van der Waals surface area contributed by atoms with Crippen molar-refractivity contribution in [3.05, 3.63) is 30.3 Å². The Morgan fingerprint density at radius 2 is 1.81 bits per heavy atom. The van der Waals surface area contributed by atoms with Gasteiger partial charge in [0.15, 0.2) is 0 Å². The van der Waals surface area contributed by atoms with Crippen LogP contribution in [0.2, 0.25) is 0 Å². The molecular formula is C20H30N2O4S. The summed E-state index contributed by atoms with van der Waals surface area (Å²) in [6, 6.07) is 8.50. The molecule has 0 amide bonds. The van der Waals surface area contributed by atoms with Gasteiger partial charge in [0.1, 0.15) is 0 Å². The smallest absolute Gasteiger partial charge is 0.243 e. The largest absolute Gasteiger partial charge is 0.550 e. The number of aliphatic carboxylic acids is 1. The molecule has 2 fully saturated rings. The fourth-order valence-corrected chi connectivity index (χ4v) is 6.04. The van der Waals surface area contributed by atoms with Crippen molar-refractivity contribution >= 4 is 16.0 Å². The number of quaternary nitrogens is 1. The lowest BCUT2D eigenvalue weighted by Crippen LogP contribution is -3.12. The molecule has 0 spiro atoms. The number of sulfonamides is 1. The van der Waals surface area contributed by atoms with Gasteiger partial charge in [0.25, 0.3) is 0 Å². The molecule has 2 aliphatic rings. The van der Waals surface area contributed by atoms with E-state index < -0.39 is 16.0 Å². The van der Waals surface area contributed by atoms with Gasteiger partial charge < -0.3 is 14.8 Å². The molecule has 150 valence electrons. The number of likely N-dealkylation sites (tertiary alicyclic amines) is 1. The summed E-state index contributed by atoms with van der Waals surface area (Å²) in [5.41, 5.74) is 0. The van der Waals surface area contributed by atoms with E-state index in [1.54, 1.807) is 39.5 Å². The van der Waals surface area contributed by atoms with Gasteiger partial charge in [0.05, 0.1) is 24.5 Å². The Morgan fingerprint density at radius 1 is 1.11 bits per heavy atom. The van der Waals surface area contributed by atoms with Crippen LogP contribution in [0.3, 0.4) is 0 Å². The first kappa shape index (κ1) is 20.3. The van der Waals surface area contributed by atoms with E-state index in [1.807, 2.05) is 0 Å². The Hall–Kier alpha value is -1.44. The predicted octanol–water partition coefficient (Wildman–Crippen LogP) is -0.0877. The minimum Gasteiger partial charge on any atom is -0.550 e. The number of carbonyl (C=O) groups excluding carboxylic acids is 1. The van der Waals surface area contributed by atoms with Crippen LogP contribution in [0.4, 0.5) is 0 Å². The third-order valence-corrected chi connectivity index (χ3v) is 7.97. The van der Waals surface area contributed by atoms with Crippen molar-refractivity contribution in [2.75, 3.05) is 32.7 Å². The standard InChI is InChI=1S/C20H30N2O4S/c23-20(24)15-17-10-14-22(27(25,26)19-7-3-1-4-8-19)16-18(17)9-13-21-11-5-2-6-12-21/h1,3-4,7-8,17-18H,2,5-6,9-16H2,(H,23,24)/t17-,18-/m0/s1. The Kier molecular flexibility index (Phi) is 6.89. The molecule has 1 aromatic rings. The Balaban J connectivity index is 1.69. The van der Waals surface area contributed by atoms with Crippen molar-refractivity contribution in [1.82, 2.24) is 4.31 Å². The van der Waals surface area contributed by atoms with Gasteiger partial charge >= 0.3 is 0 Å². The minimum atomic E-state index is -3.53. The van der Waals surface area contributed by atoms with Crippen LogP contribution >= 0.6 is 0 Å². The number of rotatable bonds is 7. The van der Waals surface area contributed by atoms with E-state index in [1.165, 1.54) is 32.4 Å². The first-order valence-corrected chi connectivity index (χ1v) is 11.5. The topological polar surface area (TPSA) is 81.9 Å². The Labute approximate surface area is 162 Å². The number of benzene rings is 1. The molecule has 0 saturated carbocycles. The van der Waals surface area contributed by atoms with Gasteiger partial charge in [0, 0.05) is 25.5 Å². The van der Waals surface area contributed by atoms with Crippen molar-refractivity contribution < 1.29 is 23.2 Å². The number of nitrogens with one attached hydrogen (secondary N) is 1. The van der Waals surface area contributed by atoms with Crippen LogP contribution in [0.1, 0.15) is 38.5 Å². The van der Waals surface area contributed by atoms with E-state index in [-0.39, 0.29) is 18.3 Å². The Morgan fingerprint density at radius 3 is 2.48 bits per heavy atom. The van der Waals surface area contributed by atoms with Gasteiger partial charge in [-0.25, -0.2) is 8.42 Å². The highest BCUT2D eigenvalue weighted by molar-refractivity contribution is 7.89. The van der Waals surface area contributed by atoms with Gasteiger partial charge in [0.2, 0.25) is 10.0 Å². The highest BCUT2D eigenvalue weighted by atomic mass is 32.2. The molecule has 0 aliphatic carbocycles. The molecule has 27 heavy (non-hydrogen) atoms. The van der Waals surface area contributed by atoms with Crippen LogP contribution in [0.5, 0.6) is 0 Å². The lowest BCUT2D eigenvalue weighted by Gasteiger charge is -2.38. The van der Waals surface area contributed by atoms with Crippen molar-refractivity contribution in [3.63, 3.8) is 0 Å². The van der Waals surface area contributed by atoms with E-state index in [2.05, 4.69) is 0 Å². The van der Waals surface area contributed by atoms with Gasteiger partial charge in [-0.2, -0.15) is 4.31 Å². The number of carbonyl (C=O) groups is 1. The lowest BCUT2D eigenvalue weighted by molar-refractivity contribution is -0.905. The zero-order valence-corrected chi connectivity index (χ0v) is 16.6. The number of nitrogens with zero attached hydrogens (tertiary/aromatic N) is 1. The predicted molar refractivity (Wildman–Crippen MR) is 100 cm³/mol. The molecule has 2 heterocycles. The molecule has 2 saturated heterocycles. The van der Waals surface area contributed by atoms with Crippen molar-refractivity contribution in [1.29, 1.82) is 0 Å². The first-order chi connectivity index (χ1) is 13.0. The van der Waals surface area contributed by atoms with Gasteiger partial charge in [-0.3, -0.25) is 0 Å². The summed E-state index contributed by atoms with van der Waals surface area (Å²) in [7, 11) is -3.53. The van der Waals surface area contributed by atoms with Crippen LogP contribution in [0, 0.1) is 11.8 Å². The molecule has 1 N–H and O–H groups in total. The molecule has 0 aromatic heterocycles. The van der Waals surface area contributed by atoms with Crippen LogP contribution < -0.4 is 10.0 Å². The second-order valence-corrected chi connectivity index (χ2v) is 9.85. The van der Waals surface area contributed by atoms with Crippen LogP contribution in [-0.4, -0.2) is 51.4 Å². The second-order valence-electron chi connectivity index (χ2n) is 7.91. The highest BCUT2D eigenvalue weighted by Gasteiger charge is 2.36. The highest BCUT2D eigenvalue weighted by Crippen LogP contribution is 2.31. The molecule has 2 atom stereocenters. The van der Waals surface area contributed by atoms with E-state index in [4.69, 9.17) is 0 Å². The van der Waals surface area contributed by atoms with Gasteiger partial charge in [-0.05, 0) is 56.1 Å². The van der Waals surface area contributed by atoms with Gasteiger partial charge in [-0.15, -0.1) is 0 Å². The van der Waals surface area contributed by atoms with E-state index in [9.17, 15) is 18.3 Å². The molecule has 0 bridgehead atoms. The maximum Gasteiger partial charge on any atom is 0.243 e. The lowest BCUT2D eigenvalue weighted by atomic mass is 9.82. The molecule has 7 heteroatoms. The summed E-state index contributed by atoms with van der Waals surface area (Å²) in [6.07, 6.45) is 5.27. The third-order valence-electron chi connectivity index (χ3n) is 6.09. The minimum absolute atomic E-state index is 0.00131. The number of piperidine rings is 2. The van der Waals surface area contributed by atoms with Crippen molar-refractivity contribution in [2.45, 2.75) is 43.4 Å². The quantitative estimate of drug-likeness (QED) is 0.701. The second kappa shape index (κ2) is 9.17. The average molecular weight is 395 g/mol. The number of hydrogen-bond donors (Lipinski definition) is 1. The summed E-state index contributed by atoms with van der Waals surface area (Å²) in [5.74, 6) is -0.958. The fourth-order valence-electron chi connectivity index (χ4n) is 4.51. The Bertz CT molecular complexity index is 717. The first-order valence-electron chi connectivity index (χ1n) is 10.1. The van der Waals surface area contributed by atoms with E-state index in [0.717, 1.165) is 13.0 Å². The van der Waals surface area contributed by atoms with Crippen molar-refractivity contribution in [3.8, 4) is 0 Å². The van der Waals surface area contributed by atoms with Crippen LogP contribution in [0.25, 0.3) is 0 Å². The van der Waals surface area contributed by atoms with Crippen LogP contribution in [-0.2, 0) is 14.8 Å². The maximum atomic E-state index is 13.0. The molecule has 0 unspecified atom stereocenters. The fraction of sp³-hybridized carbons (Fsp3) is 0.650. The number of carboxylic acids is 1. The summed E-state index contributed by atoms with van der Waals surface area (Å²) >= 11 is 0. The van der Waals surface area contributed by atoms with Gasteiger partial charge in [-0.1, -0.05) is 18.2 Å². The van der Waals surface area contributed by atoms with E-state index in [0.29, 0.717) is 24.4 Å². The maximum absolute atomic E-state index is 13.0. The number of hydrogen-bond acceptors (Lipinski definition) is 4. The van der Waals surface area contributed by atoms with Crippen LogP contribution in [0.15, 0.2) is 35.2 Å². The van der Waals surface area contributed by atoms with E-state index >= 15 is 0 Å². The summed E-state index contributed by atoms with van der Waals surface area (Å²) in [4.78, 5) is 13.0. The molecule has 1 aromatic carbocycles.